The second kappa shape index (κ2) is 4.89. The van der Waals surface area contributed by atoms with Crippen molar-refractivity contribution in [2.75, 3.05) is 45.8 Å². The summed E-state index contributed by atoms with van der Waals surface area (Å²) < 4.78 is 0. The van der Waals surface area contributed by atoms with E-state index in [1.807, 2.05) is 4.90 Å². The quantitative estimate of drug-likeness (QED) is 0.553. The van der Waals surface area contributed by atoms with Crippen LogP contribution in [0.15, 0.2) is 0 Å². The number of carboxylic acid groups (broad SMARTS) is 1. The molecule has 0 aromatic carbocycles. The van der Waals surface area contributed by atoms with Gasteiger partial charge in [0.25, 0.3) is 0 Å². The maximum Gasteiger partial charge on any atom is 0.336 e. The molecule has 2 rings (SSSR count). The molecule has 6 heteroatoms. The number of hydrogen-bond donors (Lipinski definition) is 3. The van der Waals surface area contributed by atoms with Gasteiger partial charge in [0.2, 0.25) is 0 Å². The summed E-state index contributed by atoms with van der Waals surface area (Å²) in [6.45, 7) is 7.49. The van der Waals surface area contributed by atoms with Crippen molar-refractivity contribution in [2.45, 2.75) is 18.6 Å². The lowest BCUT2D eigenvalue weighted by atomic mass is 10.0. The fourth-order valence-electron chi connectivity index (χ4n) is 2.45. The van der Waals surface area contributed by atoms with Crippen LogP contribution in [0.2, 0.25) is 0 Å². The summed E-state index contributed by atoms with van der Waals surface area (Å²) in [5.74, 6) is -1.15. The molecule has 0 aromatic rings. The molecule has 6 nitrogen and oxygen atoms in total. The fourth-order valence-corrected chi connectivity index (χ4v) is 2.45. The number of nitrogens with one attached hydrogen (secondary N) is 1. The topological polar surface area (TPSA) is 76.0 Å². The standard InChI is InChI=1S/C11H21N3O3/c1-11(17,10(15)16)8-13-6-9(7-13)14-4-2-12-3-5-14/h9,12,17H,2-8H2,1H3,(H,15,16). The van der Waals surface area contributed by atoms with Crippen molar-refractivity contribution in [3.8, 4) is 0 Å². The van der Waals surface area contributed by atoms with Crippen LogP contribution < -0.4 is 5.32 Å². The van der Waals surface area contributed by atoms with E-state index < -0.39 is 11.6 Å². The maximum atomic E-state index is 10.8. The van der Waals surface area contributed by atoms with E-state index in [0.29, 0.717) is 6.04 Å². The van der Waals surface area contributed by atoms with E-state index in [-0.39, 0.29) is 6.54 Å². The van der Waals surface area contributed by atoms with Crippen molar-refractivity contribution in [3.05, 3.63) is 0 Å². The number of likely N-dealkylation sites (tertiary alicyclic amines) is 1. The highest BCUT2D eigenvalue weighted by atomic mass is 16.4. The van der Waals surface area contributed by atoms with Gasteiger partial charge in [0, 0.05) is 51.9 Å². The molecular formula is C11H21N3O3. The zero-order chi connectivity index (χ0) is 12.5. The SMILES string of the molecule is CC(O)(CN1CC(N2CCNCC2)C1)C(=O)O. The number of carboxylic acids is 1. The molecule has 0 aliphatic carbocycles. The first-order chi connectivity index (χ1) is 7.99. The van der Waals surface area contributed by atoms with Crippen LogP contribution in [-0.4, -0.2) is 83.4 Å². The van der Waals surface area contributed by atoms with E-state index in [2.05, 4.69) is 10.2 Å². The minimum Gasteiger partial charge on any atom is -0.479 e. The Morgan fingerprint density at radius 3 is 2.53 bits per heavy atom. The van der Waals surface area contributed by atoms with E-state index >= 15 is 0 Å². The number of piperazine rings is 1. The van der Waals surface area contributed by atoms with Gasteiger partial charge >= 0.3 is 5.97 Å². The summed E-state index contributed by atoms with van der Waals surface area (Å²) >= 11 is 0. The minimum absolute atomic E-state index is 0.213. The number of β-amino-alcohol motifs (C(OH)–C–C–N with tert-alkyl or cyclic N) is 1. The van der Waals surface area contributed by atoms with Crippen LogP contribution in [0.5, 0.6) is 0 Å². The largest absolute Gasteiger partial charge is 0.479 e. The molecule has 0 amide bonds. The Morgan fingerprint density at radius 1 is 1.41 bits per heavy atom. The molecule has 2 saturated heterocycles. The summed E-state index contributed by atoms with van der Waals surface area (Å²) in [7, 11) is 0. The zero-order valence-electron chi connectivity index (χ0n) is 10.2. The third-order valence-corrected chi connectivity index (χ3v) is 3.60. The molecule has 0 saturated carbocycles. The van der Waals surface area contributed by atoms with Gasteiger partial charge in [0.15, 0.2) is 5.60 Å². The van der Waals surface area contributed by atoms with Gasteiger partial charge in [-0.25, -0.2) is 4.79 Å². The van der Waals surface area contributed by atoms with Crippen LogP contribution in [0, 0.1) is 0 Å². The Bertz CT molecular complexity index is 284. The van der Waals surface area contributed by atoms with Crippen molar-refractivity contribution in [1.82, 2.24) is 15.1 Å². The number of rotatable bonds is 4. The van der Waals surface area contributed by atoms with Gasteiger partial charge in [-0.05, 0) is 6.92 Å². The van der Waals surface area contributed by atoms with Crippen molar-refractivity contribution >= 4 is 5.97 Å². The molecule has 1 atom stereocenters. The van der Waals surface area contributed by atoms with Crippen molar-refractivity contribution in [2.24, 2.45) is 0 Å². The van der Waals surface area contributed by atoms with E-state index in [9.17, 15) is 9.90 Å². The van der Waals surface area contributed by atoms with Crippen LogP contribution in [0.25, 0.3) is 0 Å². The van der Waals surface area contributed by atoms with Gasteiger partial charge in [-0.1, -0.05) is 0 Å². The zero-order valence-corrected chi connectivity index (χ0v) is 10.2. The third kappa shape index (κ3) is 2.95. The molecule has 98 valence electrons. The van der Waals surface area contributed by atoms with Crippen LogP contribution in [-0.2, 0) is 4.79 Å². The van der Waals surface area contributed by atoms with Crippen LogP contribution in [0.4, 0.5) is 0 Å². The highest BCUT2D eigenvalue weighted by Crippen LogP contribution is 2.18. The first kappa shape index (κ1) is 12.8. The van der Waals surface area contributed by atoms with E-state index in [1.165, 1.54) is 6.92 Å². The molecule has 0 bridgehead atoms. The van der Waals surface area contributed by atoms with Gasteiger partial charge in [0.05, 0.1) is 0 Å². The number of aliphatic carboxylic acids is 1. The predicted molar refractivity (Wildman–Crippen MR) is 62.9 cm³/mol. The number of hydrogen-bond acceptors (Lipinski definition) is 5. The fraction of sp³-hybridized carbons (Fsp3) is 0.909. The molecular weight excluding hydrogens is 222 g/mol. The lowest BCUT2D eigenvalue weighted by Crippen LogP contribution is -2.65. The summed E-state index contributed by atoms with van der Waals surface area (Å²) in [6.07, 6.45) is 0. The van der Waals surface area contributed by atoms with E-state index in [4.69, 9.17) is 5.11 Å². The van der Waals surface area contributed by atoms with Crippen LogP contribution in [0.1, 0.15) is 6.92 Å². The first-order valence-electron chi connectivity index (χ1n) is 6.12. The Hall–Kier alpha value is -0.690. The number of nitrogens with zero attached hydrogens (tertiary/aromatic N) is 2. The highest BCUT2D eigenvalue weighted by Gasteiger charge is 2.39. The average Bonchev–Trinajstić information content (AvgIpc) is 2.24. The van der Waals surface area contributed by atoms with Gasteiger partial charge in [-0.3, -0.25) is 9.80 Å². The summed E-state index contributed by atoms with van der Waals surface area (Å²) in [5, 5.41) is 21.8. The molecule has 0 spiro atoms. The second-order valence-electron chi connectivity index (χ2n) is 5.21. The summed E-state index contributed by atoms with van der Waals surface area (Å²) in [4.78, 5) is 15.2. The minimum atomic E-state index is -1.63. The maximum absolute atomic E-state index is 10.8. The van der Waals surface area contributed by atoms with Gasteiger partial charge in [0.1, 0.15) is 0 Å². The van der Waals surface area contributed by atoms with Gasteiger partial charge in [-0.2, -0.15) is 0 Å². The molecule has 0 radical (unpaired) electrons. The van der Waals surface area contributed by atoms with Gasteiger partial charge in [-0.15, -0.1) is 0 Å². The Balaban J connectivity index is 1.73. The third-order valence-electron chi connectivity index (χ3n) is 3.60. The monoisotopic (exact) mass is 243 g/mol. The smallest absolute Gasteiger partial charge is 0.336 e. The highest BCUT2D eigenvalue weighted by molar-refractivity contribution is 5.76. The number of carbonyl (C=O) groups is 1. The summed E-state index contributed by atoms with van der Waals surface area (Å²) in [5.41, 5.74) is -1.63. The Kier molecular flexibility index (Phi) is 3.67. The molecule has 2 aliphatic heterocycles. The molecule has 2 heterocycles. The van der Waals surface area contributed by atoms with E-state index in [1.54, 1.807) is 0 Å². The molecule has 2 fully saturated rings. The average molecular weight is 243 g/mol. The number of aliphatic hydroxyl groups is 1. The summed E-state index contributed by atoms with van der Waals surface area (Å²) in [6, 6.07) is 0.529. The van der Waals surface area contributed by atoms with E-state index in [0.717, 1.165) is 39.3 Å². The molecule has 2 aliphatic rings. The lowest BCUT2D eigenvalue weighted by Gasteiger charge is -2.48. The van der Waals surface area contributed by atoms with Gasteiger partial charge < -0.3 is 15.5 Å². The normalized spacial score (nSPS) is 27.4. The molecule has 1 unspecified atom stereocenters. The van der Waals surface area contributed by atoms with Crippen molar-refractivity contribution in [1.29, 1.82) is 0 Å². The van der Waals surface area contributed by atoms with Crippen molar-refractivity contribution < 1.29 is 15.0 Å². The molecule has 17 heavy (non-hydrogen) atoms. The predicted octanol–water partition coefficient (Wildman–Crippen LogP) is -1.59. The van der Waals surface area contributed by atoms with Crippen LogP contribution in [0.3, 0.4) is 0 Å². The molecule has 3 N–H and O–H groups in total. The van der Waals surface area contributed by atoms with Crippen LogP contribution >= 0.6 is 0 Å². The lowest BCUT2D eigenvalue weighted by molar-refractivity contribution is -0.160. The first-order valence-corrected chi connectivity index (χ1v) is 6.12. The Labute approximate surface area is 101 Å². The van der Waals surface area contributed by atoms with Crippen molar-refractivity contribution in [3.63, 3.8) is 0 Å². The Morgan fingerprint density at radius 2 is 2.00 bits per heavy atom. The molecule has 0 aromatic heterocycles. The second-order valence-corrected chi connectivity index (χ2v) is 5.21.